The maximum Gasteiger partial charge on any atom is 0.309 e. The zero-order valence-corrected chi connectivity index (χ0v) is 10.6. The van der Waals surface area contributed by atoms with E-state index in [0.717, 1.165) is 5.56 Å². The van der Waals surface area contributed by atoms with Crippen molar-refractivity contribution in [2.24, 2.45) is 0 Å². The minimum absolute atomic E-state index is 0.0898. The van der Waals surface area contributed by atoms with E-state index in [0.29, 0.717) is 5.82 Å². The molecule has 0 unspecified atom stereocenters. The third-order valence-electron chi connectivity index (χ3n) is 2.24. The Morgan fingerprint density at radius 1 is 1.11 bits per heavy atom. The molecule has 2 rings (SSSR count). The van der Waals surface area contributed by atoms with Gasteiger partial charge in [0.1, 0.15) is 0 Å². The van der Waals surface area contributed by atoms with Gasteiger partial charge in [0.15, 0.2) is 11.6 Å². The van der Waals surface area contributed by atoms with Crippen LogP contribution in [0.15, 0.2) is 42.7 Å². The van der Waals surface area contributed by atoms with Gasteiger partial charge >= 0.3 is 10.1 Å². The van der Waals surface area contributed by atoms with Crippen LogP contribution in [0.5, 0.6) is 5.75 Å². The van der Waals surface area contributed by atoms with Crippen LogP contribution in [0.2, 0.25) is 0 Å². The second-order valence-electron chi connectivity index (χ2n) is 3.54. The largest absolute Gasteiger partial charge is 0.379 e. The molecule has 0 aliphatic heterocycles. The van der Waals surface area contributed by atoms with E-state index in [2.05, 4.69) is 9.97 Å². The van der Waals surface area contributed by atoms with Gasteiger partial charge in [-0.05, 0) is 6.92 Å². The first kappa shape index (κ1) is 12.5. The molecular weight excluding hydrogens is 252 g/mol. The van der Waals surface area contributed by atoms with Crippen molar-refractivity contribution in [2.45, 2.75) is 6.92 Å². The summed E-state index contributed by atoms with van der Waals surface area (Å²) in [5.74, 6) is 0.557. The molecule has 0 amide bonds. The summed E-state index contributed by atoms with van der Waals surface area (Å²) in [7, 11) is -3.53. The van der Waals surface area contributed by atoms with E-state index in [4.69, 9.17) is 4.18 Å². The van der Waals surface area contributed by atoms with Gasteiger partial charge in [-0.3, -0.25) is 0 Å². The number of aromatic nitrogens is 2. The topological polar surface area (TPSA) is 69.2 Å². The molecule has 1 aromatic heterocycles. The van der Waals surface area contributed by atoms with Crippen LogP contribution in [-0.2, 0) is 10.1 Å². The van der Waals surface area contributed by atoms with Gasteiger partial charge in [-0.2, -0.15) is 8.42 Å². The molecule has 2 aromatic rings. The monoisotopic (exact) mass is 264 g/mol. The zero-order valence-electron chi connectivity index (χ0n) is 9.78. The first-order valence-corrected chi connectivity index (χ1v) is 6.98. The Labute approximate surface area is 106 Å². The smallest absolute Gasteiger partial charge is 0.309 e. The molecule has 1 aromatic carbocycles. The fourth-order valence-electron chi connectivity index (χ4n) is 1.30. The first-order chi connectivity index (χ1) is 8.61. The van der Waals surface area contributed by atoms with E-state index in [1.54, 1.807) is 0 Å². The van der Waals surface area contributed by atoms with Crippen LogP contribution in [0.3, 0.4) is 0 Å². The molecule has 94 valence electrons. The number of nitrogens with zero attached hydrogens (tertiary/aromatic N) is 2. The summed E-state index contributed by atoms with van der Waals surface area (Å²) in [5, 5.41) is 0. The van der Waals surface area contributed by atoms with Crippen LogP contribution in [0.1, 0.15) is 6.92 Å². The summed E-state index contributed by atoms with van der Waals surface area (Å²) in [5.41, 5.74) is 0.863. The van der Waals surface area contributed by atoms with Crippen molar-refractivity contribution >= 4 is 10.1 Å². The predicted molar refractivity (Wildman–Crippen MR) is 67.6 cm³/mol. The molecular formula is C12H12N2O3S. The van der Waals surface area contributed by atoms with Crippen molar-refractivity contribution in [1.29, 1.82) is 0 Å². The average Bonchev–Trinajstić information content (AvgIpc) is 2.40. The summed E-state index contributed by atoms with van der Waals surface area (Å²) in [6.45, 7) is 1.51. The van der Waals surface area contributed by atoms with Crippen molar-refractivity contribution in [3.05, 3.63) is 42.7 Å². The molecule has 0 saturated heterocycles. The average molecular weight is 264 g/mol. The van der Waals surface area contributed by atoms with Crippen molar-refractivity contribution in [3.8, 4) is 17.1 Å². The lowest BCUT2D eigenvalue weighted by atomic mass is 10.2. The quantitative estimate of drug-likeness (QED) is 0.788. The lowest BCUT2D eigenvalue weighted by Gasteiger charge is -2.04. The van der Waals surface area contributed by atoms with Gasteiger partial charge < -0.3 is 4.18 Å². The Bertz CT molecular complexity index is 610. The maximum atomic E-state index is 11.2. The zero-order chi connectivity index (χ0) is 13.0. The van der Waals surface area contributed by atoms with Crippen LogP contribution in [0, 0.1) is 0 Å². The molecule has 18 heavy (non-hydrogen) atoms. The highest BCUT2D eigenvalue weighted by atomic mass is 32.2. The molecule has 0 spiro atoms. The van der Waals surface area contributed by atoms with E-state index >= 15 is 0 Å². The molecule has 0 fully saturated rings. The van der Waals surface area contributed by atoms with E-state index in [9.17, 15) is 8.42 Å². The highest BCUT2D eigenvalue weighted by Gasteiger charge is 2.10. The summed E-state index contributed by atoms with van der Waals surface area (Å²) >= 11 is 0. The standard InChI is InChI=1S/C12H12N2O3S/c1-2-18(15,16)17-11-8-13-12(14-9-11)10-6-4-3-5-7-10/h3-9H,2H2,1H3. The number of rotatable bonds is 4. The Morgan fingerprint density at radius 3 is 2.28 bits per heavy atom. The minimum Gasteiger partial charge on any atom is -0.379 e. The van der Waals surface area contributed by atoms with Gasteiger partial charge in [-0.25, -0.2) is 9.97 Å². The Morgan fingerprint density at radius 2 is 1.72 bits per heavy atom. The molecule has 0 saturated carbocycles. The maximum absolute atomic E-state index is 11.2. The van der Waals surface area contributed by atoms with E-state index in [1.807, 2.05) is 30.3 Å². The molecule has 0 atom stereocenters. The van der Waals surface area contributed by atoms with Gasteiger partial charge in [0.2, 0.25) is 0 Å². The number of hydrogen-bond donors (Lipinski definition) is 0. The third-order valence-corrected chi connectivity index (χ3v) is 3.39. The molecule has 0 radical (unpaired) electrons. The fraction of sp³-hybridized carbons (Fsp3) is 0.167. The molecule has 6 heteroatoms. The fourth-order valence-corrected chi connectivity index (χ4v) is 1.80. The first-order valence-electron chi connectivity index (χ1n) is 5.40. The molecule has 0 aliphatic rings. The lowest BCUT2D eigenvalue weighted by Crippen LogP contribution is -2.11. The minimum atomic E-state index is -3.53. The Hall–Kier alpha value is -1.95. The summed E-state index contributed by atoms with van der Waals surface area (Å²) in [4.78, 5) is 8.13. The van der Waals surface area contributed by atoms with Crippen molar-refractivity contribution in [2.75, 3.05) is 5.75 Å². The summed E-state index contributed by atoms with van der Waals surface area (Å²) in [6, 6.07) is 9.40. The van der Waals surface area contributed by atoms with E-state index in [-0.39, 0.29) is 11.5 Å². The van der Waals surface area contributed by atoms with Crippen LogP contribution < -0.4 is 4.18 Å². The molecule has 0 N–H and O–H groups in total. The van der Waals surface area contributed by atoms with Crippen molar-refractivity contribution in [1.82, 2.24) is 9.97 Å². The van der Waals surface area contributed by atoms with Gasteiger partial charge in [0, 0.05) is 5.56 Å². The van der Waals surface area contributed by atoms with Crippen LogP contribution >= 0.6 is 0 Å². The number of hydrogen-bond acceptors (Lipinski definition) is 5. The van der Waals surface area contributed by atoms with E-state index in [1.165, 1.54) is 19.3 Å². The van der Waals surface area contributed by atoms with E-state index < -0.39 is 10.1 Å². The molecule has 1 heterocycles. The predicted octanol–water partition coefficient (Wildman–Crippen LogP) is 1.87. The second kappa shape index (κ2) is 5.14. The van der Waals surface area contributed by atoms with Crippen LogP contribution in [0.25, 0.3) is 11.4 Å². The molecule has 5 nitrogen and oxygen atoms in total. The number of benzene rings is 1. The lowest BCUT2D eigenvalue weighted by molar-refractivity contribution is 0.485. The van der Waals surface area contributed by atoms with Crippen LogP contribution in [-0.4, -0.2) is 24.1 Å². The summed E-state index contributed by atoms with van der Waals surface area (Å²) in [6.07, 6.45) is 2.70. The normalized spacial score (nSPS) is 11.2. The highest BCUT2D eigenvalue weighted by Crippen LogP contribution is 2.16. The molecule has 0 bridgehead atoms. The highest BCUT2D eigenvalue weighted by molar-refractivity contribution is 7.87. The van der Waals surface area contributed by atoms with Gasteiger partial charge in [0.05, 0.1) is 18.1 Å². The van der Waals surface area contributed by atoms with Gasteiger partial charge in [-0.1, -0.05) is 30.3 Å². The SMILES string of the molecule is CCS(=O)(=O)Oc1cnc(-c2ccccc2)nc1. The third kappa shape index (κ3) is 3.04. The van der Waals surface area contributed by atoms with Crippen molar-refractivity contribution in [3.63, 3.8) is 0 Å². The van der Waals surface area contributed by atoms with Crippen molar-refractivity contribution < 1.29 is 12.6 Å². The Balaban J connectivity index is 2.21. The Kier molecular flexibility index (Phi) is 3.57. The second-order valence-corrected chi connectivity index (χ2v) is 5.40. The van der Waals surface area contributed by atoms with Crippen LogP contribution in [0.4, 0.5) is 0 Å². The molecule has 0 aliphatic carbocycles. The van der Waals surface area contributed by atoms with Gasteiger partial charge in [-0.15, -0.1) is 0 Å². The van der Waals surface area contributed by atoms with Gasteiger partial charge in [0.25, 0.3) is 0 Å². The summed E-state index contributed by atoms with van der Waals surface area (Å²) < 4.78 is 27.3.